The molecule has 0 saturated carbocycles. The summed E-state index contributed by atoms with van der Waals surface area (Å²) >= 11 is 0. The predicted molar refractivity (Wildman–Crippen MR) is 59.6 cm³/mol. The fourth-order valence-corrected chi connectivity index (χ4v) is 1.96. The fourth-order valence-electron chi connectivity index (χ4n) is 1.96. The van der Waals surface area contributed by atoms with Crippen molar-refractivity contribution >= 4 is 5.91 Å². The topological polar surface area (TPSA) is 43.8 Å². The number of aliphatic hydroxyl groups is 1. The molecule has 1 unspecified atom stereocenters. The van der Waals surface area contributed by atoms with E-state index in [1.54, 1.807) is 18.7 Å². The highest BCUT2D eigenvalue weighted by molar-refractivity contribution is 5.84. The number of rotatable bonds is 2. The molecule has 0 aromatic heterocycles. The molecule has 1 heterocycles. The van der Waals surface area contributed by atoms with Gasteiger partial charge in [-0.05, 0) is 27.3 Å². The van der Waals surface area contributed by atoms with Gasteiger partial charge in [0, 0.05) is 25.7 Å². The molecular formula is C11H22N2O2. The molecule has 0 spiro atoms. The van der Waals surface area contributed by atoms with Gasteiger partial charge in [0.2, 0.25) is 0 Å². The predicted octanol–water partition coefficient (Wildman–Crippen LogP) is 0.310. The molecule has 1 saturated heterocycles. The molecule has 1 fully saturated rings. The van der Waals surface area contributed by atoms with Gasteiger partial charge in [0.05, 0.1) is 0 Å². The van der Waals surface area contributed by atoms with Gasteiger partial charge in [-0.3, -0.25) is 9.69 Å². The number of hydrogen-bond acceptors (Lipinski definition) is 3. The van der Waals surface area contributed by atoms with Crippen LogP contribution in [0.3, 0.4) is 0 Å². The smallest absolute Gasteiger partial charge is 0.254 e. The zero-order chi connectivity index (χ0) is 11.6. The largest absolute Gasteiger partial charge is 0.381 e. The lowest BCUT2D eigenvalue weighted by atomic mass is 10.1. The summed E-state index contributed by atoms with van der Waals surface area (Å²) in [6.45, 7) is 7.56. The van der Waals surface area contributed by atoms with Gasteiger partial charge in [0.1, 0.15) is 5.60 Å². The molecule has 4 heteroatoms. The first kappa shape index (κ1) is 12.5. The third kappa shape index (κ3) is 2.92. The average Bonchev–Trinajstić information content (AvgIpc) is 2.16. The maximum Gasteiger partial charge on any atom is 0.254 e. The molecule has 1 amide bonds. The molecule has 4 nitrogen and oxygen atoms in total. The fraction of sp³-hybridized carbons (Fsp3) is 0.909. The van der Waals surface area contributed by atoms with Crippen molar-refractivity contribution in [2.45, 2.75) is 38.8 Å². The maximum atomic E-state index is 11.8. The number of carbonyl (C=O) groups is 1. The van der Waals surface area contributed by atoms with Crippen molar-refractivity contribution < 1.29 is 9.90 Å². The lowest BCUT2D eigenvalue weighted by Gasteiger charge is -2.40. The highest BCUT2D eigenvalue weighted by atomic mass is 16.3. The van der Waals surface area contributed by atoms with Crippen LogP contribution in [0.25, 0.3) is 0 Å². The summed E-state index contributed by atoms with van der Waals surface area (Å²) in [4.78, 5) is 15.9. The summed E-state index contributed by atoms with van der Waals surface area (Å²) in [5.74, 6) is -0.158. The van der Waals surface area contributed by atoms with Gasteiger partial charge in [-0.25, -0.2) is 0 Å². The summed E-state index contributed by atoms with van der Waals surface area (Å²) in [6.07, 6.45) is 1.03. The molecule has 0 bridgehead atoms. The third-order valence-corrected chi connectivity index (χ3v) is 3.06. The van der Waals surface area contributed by atoms with Crippen LogP contribution in [-0.4, -0.2) is 59.1 Å². The van der Waals surface area contributed by atoms with E-state index in [0.717, 1.165) is 26.1 Å². The van der Waals surface area contributed by atoms with Crippen LogP contribution in [0.1, 0.15) is 27.2 Å². The molecule has 15 heavy (non-hydrogen) atoms. The van der Waals surface area contributed by atoms with Crippen molar-refractivity contribution in [3.63, 3.8) is 0 Å². The molecule has 1 aliphatic heterocycles. The van der Waals surface area contributed by atoms with Crippen molar-refractivity contribution in [3.8, 4) is 0 Å². The Hall–Kier alpha value is -0.610. The van der Waals surface area contributed by atoms with E-state index >= 15 is 0 Å². The van der Waals surface area contributed by atoms with E-state index < -0.39 is 5.60 Å². The number of nitrogens with zero attached hydrogens (tertiary/aromatic N) is 2. The van der Waals surface area contributed by atoms with Crippen LogP contribution in [0.4, 0.5) is 0 Å². The second kappa shape index (κ2) is 4.49. The van der Waals surface area contributed by atoms with Crippen LogP contribution in [0.2, 0.25) is 0 Å². The van der Waals surface area contributed by atoms with Crippen LogP contribution in [0.5, 0.6) is 0 Å². The molecule has 88 valence electrons. The minimum atomic E-state index is -1.24. The van der Waals surface area contributed by atoms with Crippen molar-refractivity contribution in [1.82, 2.24) is 9.80 Å². The van der Waals surface area contributed by atoms with E-state index in [1.165, 1.54) is 0 Å². The molecule has 1 aliphatic rings. The van der Waals surface area contributed by atoms with E-state index in [1.807, 2.05) is 0 Å². The number of likely N-dealkylation sites (N-methyl/N-ethyl adjacent to an activating group) is 1. The standard InChI is InChI=1S/C11H22N2O2/c1-5-9-8-13(7-6-12(9)4)10(14)11(2,3)15/h9,15H,5-8H2,1-4H3. The molecule has 0 aliphatic carbocycles. The van der Waals surface area contributed by atoms with E-state index in [9.17, 15) is 9.90 Å². The second-order valence-corrected chi connectivity index (χ2v) is 4.85. The van der Waals surface area contributed by atoms with Crippen LogP contribution >= 0.6 is 0 Å². The average molecular weight is 214 g/mol. The minimum absolute atomic E-state index is 0.158. The Morgan fingerprint density at radius 2 is 2.07 bits per heavy atom. The molecule has 1 atom stereocenters. The van der Waals surface area contributed by atoms with Crippen LogP contribution in [0, 0.1) is 0 Å². The lowest BCUT2D eigenvalue weighted by Crippen LogP contribution is -2.57. The zero-order valence-corrected chi connectivity index (χ0v) is 10.2. The Morgan fingerprint density at radius 3 is 2.53 bits per heavy atom. The quantitative estimate of drug-likeness (QED) is 0.719. The molecule has 0 aromatic rings. The number of hydrogen-bond donors (Lipinski definition) is 1. The van der Waals surface area contributed by atoms with Gasteiger partial charge in [-0.15, -0.1) is 0 Å². The van der Waals surface area contributed by atoms with Crippen molar-refractivity contribution in [2.24, 2.45) is 0 Å². The maximum absolute atomic E-state index is 11.8. The van der Waals surface area contributed by atoms with Crippen molar-refractivity contribution in [2.75, 3.05) is 26.7 Å². The van der Waals surface area contributed by atoms with Crippen LogP contribution in [0.15, 0.2) is 0 Å². The first-order chi connectivity index (χ1) is 6.86. The lowest BCUT2D eigenvalue weighted by molar-refractivity contribution is -0.150. The monoisotopic (exact) mass is 214 g/mol. The molecule has 0 aromatic carbocycles. The van der Waals surface area contributed by atoms with Gasteiger partial charge in [-0.1, -0.05) is 6.92 Å². The Balaban J connectivity index is 2.62. The van der Waals surface area contributed by atoms with Crippen LogP contribution in [-0.2, 0) is 4.79 Å². The summed E-state index contributed by atoms with van der Waals surface area (Å²) in [6, 6.07) is 0.421. The van der Waals surface area contributed by atoms with Crippen LogP contribution < -0.4 is 0 Å². The van der Waals surface area contributed by atoms with Crippen molar-refractivity contribution in [3.05, 3.63) is 0 Å². The molecule has 1 rings (SSSR count). The molecule has 1 N–H and O–H groups in total. The molecular weight excluding hydrogens is 192 g/mol. The van der Waals surface area contributed by atoms with Gasteiger partial charge in [-0.2, -0.15) is 0 Å². The normalized spacial score (nSPS) is 24.3. The van der Waals surface area contributed by atoms with E-state index in [2.05, 4.69) is 18.9 Å². The highest BCUT2D eigenvalue weighted by Gasteiger charge is 2.33. The zero-order valence-electron chi connectivity index (χ0n) is 10.2. The van der Waals surface area contributed by atoms with E-state index in [-0.39, 0.29) is 5.91 Å². The number of amides is 1. The Morgan fingerprint density at radius 1 is 1.47 bits per heavy atom. The minimum Gasteiger partial charge on any atom is -0.381 e. The summed E-state index contributed by atoms with van der Waals surface area (Å²) in [7, 11) is 2.08. The second-order valence-electron chi connectivity index (χ2n) is 4.85. The number of piperazine rings is 1. The van der Waals surface area contributed by atoms with Crippen molar-refractivity contribution in [1.29, 1.82) is 0 Å². The third-order valence-electron chi connectivity index (χ3n) is 3.06. The SMILES string of the molecule is CCC1CN(C(=O)C(C)(C)O)CCN1C. The van der Waals surface area contributed by atoms with Gasteiger partial charge in [0.15, 0.2) is 0 Å². The van der Waals surface area contributed by atoms with E-state index in [0.29, 0.717) is 6.04 Å². The first-order valence-electron chi connectivity index (χ1n) is 5.58. The summed E-state index contributed by atoms with van der Waals surface area (Å²) < 4.78 is 0. The molecule has 0 radical (unpaired) electrons. The summed E-state index contributed by atoms with van der Waals surface area (Å²) in [5.41, 5.74) is -1.24. The van der Waals surface area contributed by atoms with Gasteiger partial charge >= 0.3 is 0 Å². The Labute approximate surface area is 91.9 Å². The number of carbonyl (C=O) groups excluding carboxylic acids is 1. The van der Waals surface area contributed by atoms with E-state index in [4.69, 9.17) is 0 Å². The van der Waals surface area contributed by atoms with Gasteiger partial charge < -0.3 is 10.0 Å². The highest BCUT2D eigenvalue weighted by Crippen LogP contribution is 2.15. The Kier molecular flexibility index (Phi) is 3.73. The first-order valence-corrected chi connectivity index (χ1v) is 5.58. The Bertz CT molecular complexity index is 235. The van der Waals surface area contributed by atoms with Gasteiger partial charge in [0.25, 0.3) is 5.91 Å². The summed E-state index contributed by atoms with van der Waals surface area (Å²) in [5, 5.41) is 9.66.